The predicted octanol–water partition coefficient (Wildman–Crippen LogP) is 3.49. The van der Waals surface area contributed by atoms with Gasteiger partial charge in [0.2, 0.25) is 17.7 Å². The van der Waals surface area contributed by atoms with Gasteiger partial charge in [-0.25, -0.2) is 0 Å². The summed E-state index contributed by atoms with van der Waals surface area (Å²) < 4.78 is 0. The number of anilines is 1. The molecule has 1 unspecified atom stereocenters. The number of likely N-dealkylation sites (N-methyl/N-ethyl adjacent to an activating group) is 1. The Morgan fingerprint density at radius 3 is 2.48 bits per heavy atom. The molecule has 0 aliphatic carbocycles. The molecule has 0 aromatic heterocycles. The molecule has 0 bridgehead atoms. The molecule has 152 valence electrons. The van der Waals surface area contributed by atoms with E-state index in [4.69, 9.17) is 11.6 Å². The van der Waals surface area contributed by atoms with E-state index >= 15 is 0 Å². The van der Waals surface area contributed by atoms with Crippen LogP contribution in [0, 0.1) is 0 Å². The number of amides is 3. The molecule has 29 heavy (non-hydrogen) atoms. The second-order valence-corrected chi connectivity index (χ2v) is 7.49. The molecular formula is C22H24ClN3O3. The van der Waals surface area contributed by atoms with Crippen LogP contribution in [0.25, 0.3) is 0 Å². The summed E-state index contributed by atoms with van der Waals surface area (Å²) >= 11 is 6.08. The minimum absolute atomic E-state index is 0.0348. The molecular weight excluding hydrogens is 390 g/mol. The molecule has 1 atom stereocenters. The molecule has 1 aliphatic rings. The molecule has 7 heteroatoms. The molecule has 1 fully saturated rings. The van der Waals surface area contributed by atoms with E-state index in [1.54, 1.807) is 36.2 Å². The van der Waals surface area contributed by atoms with Crippen LogP contribution >= 0.6 is 11.6 Å². The van der Waals surface area contributed by atoms with Crippen molar-refractivity contribution in [3.63, 3.8) is 0 Å². The molecule has 2 aromatic rings. The molecule has 6 nitrogen and oxygen atoms in total. The van der Waals surface area contributed by atoms with Crippen molar-refractivity contribution < 1.29 is 14.4 Å². The lowest BCUT2D eigenvalue weighted by Crippen LogP contribution is -2.47. The molecule has 3 amide bonds. The van der Waals surface area contributed by atoms with Crippen LogP contribution in [0.5, 0.6) is 0 Å². The molecule has 0 radical (unpaired) electrons. The number of hydrogen-bond acceptors (Lipinski definition) is 3. The highest BCUT2D eigenvalue weighted by Gasteiger charge is 2.34. The molecule has 3 rings (SSSR count). The summed E-state index contributed by atoms with van der Waals surface area (Å²) in [5.41, 5.74) is 1.23. The Labute approximate surface area is 175 Å². The summed E-state index contributed by atoms with van der Waals surface area (Å²) in [5.74, 6) is -0.682. The zero-order valence-electron chi connectivity index (χ0n) is 16.3. The van der Waals surface area contributed by atoms with Crippen LogP contribution in [0.2, 0.25) is 5.02 Å². The summed E-state index contributed by atoms with van der Waals surface area (Å²) in [4.78, 5) is 41.2. The van der Waals surface area contributed by atoms with E-state index in [0.29, 0.717) is 23.7 Å². The Balaban J connectivity index is 1.75. The van der Waals surface area contributed by atoms with Crippen molar-refractivity contribution >= 4 is 35.0 Å². The Hall–Kier alpha value is -2.86. The second kappa shape index (κ2) is 9.56. The fourth-order valence-electron chi connectivity index (χ4n) is 3.45. The molecule has 1 N–H and O–H groups in total. The number of benzene rings is 2. The van der Waals surface area contributed by atoms with Gasteiger partial charge in [0.05, 0.1) is 17.3 Å². The van der Waals surface area contributed by atoms with Crippen molar-refractivity contribution in [1.29, 1.82) is 0 Å². The van der Waals surface area contributed by atoms with Crippen molar-refractivity contribution in [2.24, 2.45) is 0 Å². The van der Waals surface area contributed by atoms with Crippen molar-refractivity contribution in [3.8, 4) is 0 Å². The lowest BCUT2D eigenvalue weighted by atomic mass is 10.00. The van der Waals surface area contributed by atoms with Gasteiger partial charge in [-0.3, -0.25) is 14.4 Å². The smallest absolute Gasteiger partial charge is 0.250 e. The van der Waals surface area contributed by atoms with E-state index < -0.39 is 6.04 Å². The number of carbonyl (C=O) groups is 3. The largest absolute Gasteiger partial charge is 0.334 e. The van der Waals surface area contributed by atoms with Gasteiger partial charge in [0, 0.05) is 20.0 Å². The number of halogens is 1. The van der Waals surface area contributed by atoms with Gasteiger partial charge >= 0.3 is 0 Å². The third-order valence-corrected chi connectivity index (χ3v) is 5.26. The van der Waals surface area contributed by atoms with Gasteiger partial charge in [0.15, 0.2) is 0 Å². The highest BCUT2D eigenvalue weighted by atomic mass is 35.5. The maximum absolute atomic E-state index is 13.3. The van der Waals surface area contributed by atoms with Crippen LogP contribution in [0.15, 0.2) is 54.6 Å². The van der Waals surface area contributed by atoms with E-state index in [-0.39, 0.29) is 24.3 Å². The SMILES string of the molecule is CN(CC(=O)Nc1ccccc1Cl)C(=O)C(c1ccccc1)N1CCCCC1=O. The first-order valence-corrected chi connectivity index (χ1v) is 9.99. The zero-order chi connectivity index (χ0) is 20.8. The number of piperidine rings is 1. The maximum Gasteiger partial charge on any atom is 0.250 e. The standard InChI is InChI=1S/C22H24ClN3O3/c1-25(15-19(27)24-18-12-6-5-11-17(18)23)22(29)21(16-9-3-2-4-10-16)26-14-8-7-13-20(26)28/h2-6,9-12,21H,7-8,13-15H2,1H3,(H,24,27). The number of hydrogen-bond donors (Lipinski definition) is 1. The highest BCUT2D eigenvalue weighted by molar-refractivity contribution is 6.33. The van der Waals surface area contributed by atoms with Gasteiger partial charge in [0.25, 0.3) is 0 Å². The number of carbonyl (C=O) groups excluding carboxylic acids is 3. The number of nitrogens with zero attached hydrogens (tertiary/aromatic N) is 2. The fraction of sp³-hybridized carbons (Fsp3) is 0.318. The van der Waals surface area contributed by atoms with Crippen LogP contribution in [0.4, 0.5) is 5.69 Å². The van der Waals surface area contributed by atoms with Crippen molar-refractivity contribution in [1.82, 2.24) is 9.80 Å². The number of likely N-dealkylation sites (tertiary alicyclic amines) is 1. The summed E-state index contributed by atoms with van der Waals surface area (Å²) in [6.45, 7) is 0.388. The molecule has 1 saturated heterocycles. The monoisotopic (exact) mass is 413 g/mol. The Kier molecular flexibility index (Phi) is 6.88. The molecule has 1 aliphatic heterocycles. The first kappa shape index (κ1) is 20.9. The third kappa shape index (κ3) is 5.15. The van der Waals surface area contributed by atoms with Crippen molar-refractivity contribution in [3.05, 3.63) is 65.2 Å². The second-order valence-electron chi connectivity index (χ2n) is 7.08. The van der Waals surface area contributed by atoms with E-state index in [2.05, 4.69) is 5.32 Å². The quantitative estimate of drug-likeness (QED) is 0.788. The van der Waals surface area contributed by atoms with E-state index in [1.165, 1.54) is 4.90 Å². The van der Waals surface area contributed by atoms with Gasteiger partial charge in [-0.2, -0.15) is 0 Å². The van der Waals surface area contributed by atoms with E-state index in [0.717, 1.165) is 18.4 Å². The third-order valence-electron chi connectivity index (χ3n) is 4.93. The minimum Gasteiger partial charge on any atom is -0.334 e. The summed E-state index contributed by atoms with van der Waals surface area (Å²) in [6.07, 6.45) is 2.13. The van der Waals surface area contributed by atoms with Gasteiger partial charge in [-0.05, 0) is 30.5 Å². The first-order chi connectivity index (χ1) is 14.0. The number of para-hydroxylation sites is 1. The van der Waals surface area contributed by atoms with E-state index in [1.807, 2.05) is 30.3 Å². The Bertz CT molecular complexity index is 888. The van der Waals surface area contributed by atoms with Crippen LogP contribution in [-0.4, -0.2) is 47.7 Å². The molecule has 1 heterocycles. The van der Waals surface area contributed by atoms with Gasteiger partial charge in [-0.15, -0.1) is 0 Å². The Morgan fingerprint density at radius 1 is 1.10 bits per heavy atom. The molecule has 2 aromatic carbocycles. The van der Waals surface area contributed by atoms with Gasteiger partial charge in [0.1, 0.15) is 6.04 Å². The van der Waals surface area contributed by atoms with Crippen LogP contribution in [-0.2, 0) is 14.4 Å². The molecule has 0 spiro atoms. The summed E-state index contributed by atoms with van der Waals surface area (Å²) in [5, 5.41) is 3.14. The van der Waals surface area contributed by atoms with Crippen LogP contribution in [0.3, 0.4) is 0 Å². The lowest BCUT2D eigenvalue weighted by Gasteiger charge is -2.36. The number of rotatable bonds is 6. The Morgan fingerprint density at radius 2 is 1.79 bits per heavy atom. The molecule has 0 saturated carbocycles. The van der Waals surface area contributed by atoms with Gasteiger partial charge in [-0.1, -0.05) is 54.1 Å². The van der Waals surface area contributed by atoms with E-state index in [9.17, 15) is 14.4 Å². The lowest BCUT2D eigenvalue weighted by molar-refractivity contribution is -0.147. The minimum atomic E-state index is -0.734. The first-order valence-electron chi connectivity index (χ1n) is 9.61. The van der Waals surface area contributed by atoms with Crippen molar-refractivity contribution in [2.75, 3.05) is 25.5 Å². The topological polar surface area (TPSA) is 69.7 Å². The summed E-state index contributed by atoms with van der Waals surface area (Å²) in [6, 6.07) is 15.4. The number of nitrogens with one attached hydrogen (secondary N) is 1. The zero-order valence-corrected chi connectivity index (χ0v) is 17.1. The average Bonchev–Trinajstić information content (AvgIpc) is 2.72. The normalized spacial score (nSPS) is 15.0. The fourth-order valence-corrected chi connectivity index (χ4v) is 3.63. The predicted molar refractivity (Wildman–Crippen MR) is 112 cm³/mol. The van der Waals surface area contributed by atoms with Crippen molar-refractivity contribution in [2.45, 2.75) is 25.3 Å². The van der Waals surface area contributed by atoms with Crippen LogP contribution < -0.4 is 5.32 Å². The average molecular weight is 414 g/mol. The van der Waals surface area contributed by atoms with Gasteiger partial charge < -0.3 is 15.1 Å². The van der Waals surface area contributed by atoms with Crippen LogP contribution in [0.1, 0.15) is 30.9 Å². The maximum atomic E-state index is 13.3. The summed E-state index contributed by atoms with van der Waals surface area (Å²) in [7, 11) is 1.57. The highest BCUT2D eigenvalue weighted by Crippen LogP contribution is 2.27.